The highest BCUT2D eigenvalue weighted by Crippen LogP contribution is 2.38. The summed E-state index contributed by atoms with van der Waals surface area (Å²) in [6, 6.07) is 5.47. The van der Waals surface area contributed by atoms with Gasteiger partial charge in [0.1, 0.15) is 6.04 Å². The fourth-order valence-corrected chi connectivity index (χ4v) is 3.39. The molecule has 0 saturated carbocycles. The van der Waals surface area contributed by atoms with Gasteiger partial charge in [-0.1, -0.05) is 12.1 Å². The zero-order valence-electron chi connectivity index (χ0n) is 12.6. The summed E-state index contributed by atoms with van der Waals surface area (Å²) in [6.07, 6.45) is -1.92. The van der Waals surface area contributed by atoms with Crippen molar-refractivity contribution in [2.24, 2.45) is 0 Å². The van der Waals surface area contributed by atoms with E-state index in [0.29, 0.717) is 31.7 Å². The number of piperazine rings is 1. The first kappa shape index (κ1) is 15.6. The van der Waals surface area contributed by atoms with E-state index >= 15 is 0 Å². The molecule has 3 rings (SSSR count). The number of nitrogens with one attached hydrogen (secondary N) is 1. The average Bonchev–Trinajstić information content (AvgIpc) is 3.02. The minimum absolute atomic E-state index is 0.345. The molecule has 2 aliphatic heterocycles. The molecule has 3 nitrogen and oxygen atoms in total. The summed E-state index contributed by atoms with van der Waals surface area (Å²) in [5.41, 5.74) is 1.37. The van der Waals surface area contributed by atoms with Crippen LogP contribution in [-0.4, -0.2) is 50.3 Å². The van der Waals surface area contributed by atoms with Gasteiger partial charge in [0.25, 0.3) is 0 Å². The van der Waals surface area contributed by atoms with E-state index in [0.717, 1.165) is 31.6 Å². The molecular weight excluding hydrogens is 291 g/mol. The molecule has 2 aliphatic rings. The van der Waals surface area contributed by atoms with Gasteiger partial charge in [0.15, 0.2) is 0 Å². The second-order valence-corrected chi connectivity index (χ2v) is 6.02. The molecule has 1 aromatic carbocycles. The van der Waals surface area contributed by atoms with E-state index in [1.807, 2.05) is 12.1 Å². The van der Waals surface area contributed by atoms with Crippen LogP contribution in [0.1, 0.15) is 24.4 Å². The van der Waals surface area contributed by atoms with Gasteiger partial charge in [-0.3, -0.25) is 4.90 Å². The Balaban J connectivity index is 1.81. The van der Waals surface area contributed by atoms with Crippen LogP contribution in [0.2, 0.25) is 0 Å². The fourth-order valence-electron chi connectivity index (χ4n) is 3.39. The fraction of sp³-hybridized carbons (Fsp3) is 0.625. The Morgan fingerprint density at radius 3 is 2.05 bits per heavy atom. The van der Waals surface area contributed by atoms with E-state index < -0.39 is 12.2 Å². The Bertz CT molecular complexity index is 474. The lowest BCUT2D eigenvalue weighted by Gasteiger charge is -2.36. The van der Waals surface area contributed by atoms with Crippen molar-refractivity contribution < 1.29 is 13.2 Å². The van der Waals surface area contributed by atoms with E-state index in [1.165, 1.54) is 4.90 Å². The zero-order valence-corrected chi connectivity index (χ0v) is 12.6. The Hall–Kier alpha value is -1.27. The predicted octanol–water partition coefficient (Wildman–Crippen LogP) is 2.80. The molecule has 2 heterocycles. The molecule has 0 aromatic heterocycles. The van der Waals surface area contributed by atoms with Gasteiger partial charge in [-0.15, -0.1) is 0 Å². The Labute approximate surface area is 129 Å². The van der Waals surface area contributed by atoms with Crippen LogP contribution >= 0.6 is 0 Å². The van der Waals surface area contributed by atoms with Crippen molar-refractivity contribution in [3.05, 3.63) is 29.8 Å². The molecular formula is C16H22F3N3. The van der Waals surface area contributed by atoms with Gasteiger partial charge < -0.3 is 10.2 Å². The van der Waals surface area contributed by atoms with Gasteiger partial charge in [0.2, 0.25) is 0 Å². The molecule has 6 heteroatoms. The topological polar surface area (TPSA) is 18.5 Å². The minimum atomic E-state index is -4.24. The van der Waals surface area contributed by atoms with Crippen LogP contribution in [0.3, 0.4) is 0 Å². The van der Waals surface area contributed by atoms with Gasteiger partial charge in [0.05, 0.1) is 0 Å². The largest absolute Gasteiger partial charge is 0.408 e. The minimum Gasteiger partial charge on any atom is -0.372 e. The number of benzene rings is 1. The lowest BCUT2D eigenvalue weighted by molar-refractivity contribution is -0.187. The maximum absolute atomic E-state index is 13.5. The van der Waals surface area contributed by atoms with Crippen molar-refractivity contribution >= 4 is 5.69 Å². The van der Waals surface area contributed by atoms with E-state index in [1.54, 1.807) is 12.1 Å². The predicted molar refractivity (Wildman–Crippen MR) is 81.1 cm³/mol. The second kappa shape index (κ2) is 6.46. The molecule has 22 heavy (non-hydrogen) atoms. The first-order valence-electron chi connectivity index (χ1n) is 7.92. The van der Waals surface area contributed by atoms with Crippen molar-refractivity contribution in [1.29, 1.82) is 0 Å². The van der Waals surface area contributed by atoms with Crippen molar-refractivity contribution in [2.75, 3.05) is 44.2 Å². The third-order valence-electron chi connectivity index (χ3n) is 4.51. The van der Waals surface area contributed by atoms with E-state index in [9.17, 15) is 13.2 Å². The number of nitrogens with zero attached hydrogens (tertiary/aromatic N) is 2. The molecule has 0 aliphatic carbocycles. The van der Waals surface area contributed by atoms with Crippen LogP contribution in [0.4, 0.5) is 18.9 Å². The molecule has 2 fully saturated rings. The zero-order chi connectivity index (χ0) is 15.6. The Kier molecular flexibility index (Phi) is 4.59. The van der Waals surface area contributed by atoms with Crippen LogP contribution in [0.5, 0.6) is 0 Å². The molecule has 1 atom stereocenters. The molecule has 0 bridgehead atoms. The summed E-state index contributed by atoms with van der Waals surface area (Å²) in [4.78, 5) is 3.76. The number of hydrogen-bond donors (Lipinski definition) is 1. The molecule has 0 radical (unpaired) electrons. The van der Waals surface area contributed by atoms with Crippen molar-refractivity contribution in [3.63, 3.8) is 0 Å². The number of hydrogen-bond acceptors (Lipinski definition) is 3. The summed E-state index contributed by atoms with van der Waals surface area (Å²) in [6.45, 7) is 4.08. The maximum atomic E-state index is 13.5. The van der Waals surface area contributed by atoms with Crippen molar-refractivity contribution in [2.45, 2.75) is 25.1 Å². The first-order valence-corrected chi connectivity index (χ1v) is 7.92. The standard InChI is InChI=1S/C16H22F3N3/c17-16(18,19)15(22-11-7-20-8-12-22)13-3-5-14(6-4-13)21-9-1-2-10-21/h3-6,15,20H,1-2,7-12H2/t15-/m0/s1. The van der Waals surface area contributed by atoms with Gasteiger partial charge in [-0.2, -0.15) is 13.2 Å². The molecule has 0 amide bonds. The third kappa shape index (κ3) is 3.38. The molecule has 0 spiro atoms. The van der Waals surface area contributed by atoms with Crippen molar-refractivity contribution in [3.8, 4) is 0 Å². The molecule has 1 N–H and O–H groups in total. The molecule has 2 saturated heterocycles. The smallest absolute Gasteiger partial charge is 0.372 e. The molecule has 1 aromatic rings. The van der Waals surface area contributed by atoms with Crippen LogP contribution in [0, 0.1) is 0 Å². The number of rotatable bonds is 3. The highest BCUT2D eigenvalue weighted by atomic mass is 19.4. The van der Waals surface area contributed by atoms with Gasteiger partial charge in [0, 0.05) is 45.0 Å². The summed E-state index contributed by atoms with van der Waals surface area (Å²) < 4.78 is 40.6. The van der Waals surface area contributed by atoms with Crippen LogP contribution in [0.15, 0.2) is 24.3 Å². The number of alkyl halides is 3. The van der Waals surface area contributed by atoms with Gasteiger partial charge in [-0.05, 0) is 30.5 Å². The summed E-state index contributed by atoms with van der Waals surface area (Å²) in [5.74, 6) is 0. The number of anilines is 1. The second-order valence-electron chi connectivity index (χ2n) is 6.02. The molecule has 0 unspecified atom stereocenters. The summed E-state index contributed by atoms with van der Waals surface area (Å²) in [5, 5.41) is 3.10. The summed E-state index contributed by atoms with van der Waals surface area (Å²) >= 11 is 0. The van der Waals surface area contributed by atoms with Crippen LogP contribution in [0.25, 0.3) is 0 Å². The first-order chi connectivity index (χ1) is 10.6. The highest BCUT2D eigenvalue weighted by Gasteiger charge is 2.44. The Morgan fingerprint density at radius 1 is 0.909 bits per heavy atom. The van der Waals surface area contributed by atoms with Crippen molar-refractivity contribution in [1.82, 2.24) is 10.2 Å². The van der Waals surface area contributed by atoms with E-state index in [-0.39, 0.29) is 0 Å². The summed E-state index contributed by atoms with van der Waals surface area (Å²) in [7, 11) is 0. The molecule has 122 valence electrons. The van der Waals surface area contributed by atoms with E-state index in [4.69, 9.17) is 0 Å². The third-order valence-corrected chi connectivity index (χ3v) is 4.51. The normalized spacial score (nSPS) is 22.0. The Morgan fingerprint density at radius 2 is 1.50 bits per heavy atom. The van der Waals surface area contributed by atoms with Crippen LogP contribution in [-0.2, 0) is 0 Å². The van der Waals surface area contributed by atoms with Crippen LogP contribution < -0.4 is 10.2 Å². The monoisotopic (exact) mass is 313 g/mol. The number of halogens is 3. The lowest BCUT2D eigenvalue weighted by atomic mass is 10.0. The van der Waals surface area contributed by atoms with E-state index in [2.05, 4.69) is 10.2 Å². The average molecular weight is 313 g/mol. The lowest BCUT2D eigenvalue weighted by Crippen LogP contribution is -2.49. The van der Waals surface area contributed by atoms with Gasteiger partial charge in [-0.25, -0.2) is 0 Å². The van der Waals surface area contributed by atoms with Gasteiger partial charge >= 0.3 is 6.18 Å². The highest BCUT2D eigenvalue weighted by molar-refractivity contribution is 5.48. The maximum Gasteiger partial charge on any atom is 0.408 e. The quantitative estimate of drug-likeness (QED) is 0.926. The SMILES string of the molecule is FC(F)(F)[C@H](c1ccc(N2CCCC2)cc1)N1CCNCC1.